The van der Waals surface area contributed by atoms with Crippen LogP contribution in [0.15, 0.2) is 41.3 Å². The van der Waals surface area contributed by atoms with Crippen molar-refractivity contribution < 1.29 is 9.47 Å². The Morgan fingerprint density at radius 2 is 1.79 bits per heavy atom. The first-order valence-corrected chi connectivity index (χ1v) is 8.32. The summed E-state index contributed by atoms with van der Waals surface area (Å²) in [4.78, 5) is 16.6. The summed E-state index contributed by atoms with van der Waals surface area (Å²) >= 11 is 0. The van der Waals surface area contributed by atoms with Crippen molar-refractivity contribution in [2.24, 2.45) is 0 Å². The lowest BCUT2D eigenvalue weighted by Gasteiger charge is -2.32. The molecule has 1 aromatic heterocycles. The Bertz CT molecular complexity index is 711. The summed E-state index contributed by atoms with van der Waals surface area (Å²) in [5.74, 6) is 2.19. The molecule has 0 radical (unpaired) electrons. The highest BCUT2D eigenvalue weighted by atomic mass is 16.5. The number of aromatic nitrogens is 1. The van der Waals surface area contributed by atoms with E-state index in [0.29, 0.717) is 5.92 Å². The first kappa shape index (κ1) is 16.6. The zero-order valence-electron chi connectivity index (χ0n) is 14.2. The number of H-pyrrole nitrogens is 1. The zero-order chi connectivity index (χ0) is 16.9. The van der Waals surface area contributed by atoms with Gasteiger partial charge in [-0.2, -0.15) is 0 Å². The van der Waals surface area contributed by atoms with Crippen LogP contribution in [0.25, 0.3) is 0 Å². The highest BCUT2D eigenvalue weighted by Crippen LogP contribution is 2.32. The Morgan fingerprint density at radius 3 is 2.38 bits per heavy atom. The lowest BCUT2D eigenvalue weighted by atomic mass is 9.90. The molecule has 1 aromatic carbocycles. The molecule has 3 rings (SSSR count). The lowest BCUT2D eigenvalue weighted by molar-refractivity contribution is 0.200. The van der Waals surface area contributed by atoms with Crippen LogP contribution >= 0.6 is 0 Å². The van der Waals surface area contributed by atoms with E-state index in [2.05, 4.69) is 9.88 Å². The van der Waals surface area contributed by atoms with E-state index < -0.39 is 0 Å². The number of rotatable bonds is 5. The first-order valence-electron chi connectivity index (χ1n) is 8.32. The van der Waals surface area contributed by atoms with E-state index in [4.69, 9.17) is 9.47 Å². The molecule has 0 unspecified atom stereocenters. The van der Waals surface area contributed by atoms with Crippen molar-refractivity contribution in [1.29, 1.82) is 0 Å². The van der Waals surface area contributed by atoms with Gasteiger partial charge in [-0.15, -0.1) is 0 Å². The third-order valence-electron chi connectivity index (χ3n) is 4.77. The Morgan fingerprint density at radius 1 is 1.12 bits per heavy atom. The fraction of sp³-hybridized carbons (Fsp3) is 0.421. The van der Waals surface area contributed by atoms with Crippen LogP contribution in [0.2, 0.25) is 0 Å². The molecule has 128 valence electrons. The van der Waals surface area contributed by atoms with Crippen LogP contribution in [0.3, 0.4) is 0 Å². The Kier molecular flexibility index (Phi) is 5.20. The third kappa shape index (κ3) is 3.62. The number of benzene rings is 1. The number of pyridine rings is 1. The van der Waals surface area contributed by atoms with Crippen LogP contribution in [0.4, 0.5) is 0 Å². The second-order valence-corrected chi connectivity index (χ2v) is 6.18. The van der Waals surface area contributed by atoms with E-state index >= 15 is 0 Å². The van der Waals surface area contributed by atoms with E-state index in [1.807, 2.05) is 24.3 Å². The van der Waals surface area contributed by atoms with Gasteiger partial charge in [0.1, 0.15) is 11.5 Å². The maximum Gasteiger partial charge on any atom is 0.248 e. The van der Waals surface area contributed by atoms with Crippen molar-refractivity contribution in [2.45, 2.75) is 25.3 Å². The van der Waals surface area contributed by atoms with Crippen molar-refractivity contribution in [3.8, 4) is 11.5 Å². The van der Waals surface area contributed by atoms with Crippen LogP contribution in [-0.2, 0) is 6.54 Å². The van der Waals surface area contributed by atoms with Crippen LogP contribution in [0.1, 0.15) is 29.9 Å². The van der Waals surface area contributed by atoms with E-state index in [1.54, 1.807) is 26.5 Å². The maximum atomic E-state index is 11.5. The molecule has 0 spiro atoms. The number of aromatic amines is 1. The second-order valence-electron chi connectivity index (χ2n) is 6.18. The van der Waals surface area contributed by atoms with Crippen molar-refractivity contribution >= 4 is 0 Å². The Balaban J connectivity index is 1.67. The van der Waals surface area contributed by atoms with Gasteiger partial charge >= 0.3 is 0 Å². The molecule has 0 saturated carbocycles. The molecular weight excluding hydrogens is 304 g/mol. The van der Waals surface area contributed by atoms with E-state index in [1.165, 1.54) is 0 Å². The predicted molar refractivity (Wildman–Crippen MR) is 93.9 cm³/mol. The van der Waals surface area contributed by atoms with Gasteiger partial charge in [-0.25, -0.2) is 0 Å². The molecular formula is C19H24N2O3. The minimum atomic E-state index is -0.0197. The number of piperidine rings is 1. The molecule has 0 bridgehead atoms. The van der Waals surface area contributed by atoms with Gasteiger partial charge in [-0.3, -0.25) is 9.69 Å². The molecule has 1 saturated heterocycles. The summed E-state index contributed by atoms with van der Waals surface area (Å²) < 4.78 is 11.0. The van der Waals surface area contributed by atoms with Crippen LogP contribution < -0.4 is 15.0 Å². The van der Waals surface area contributed by atoms with Gasteiger partial charge < -0.3 is 14.5 Å². The summed E-state index contributed by atoms with van der Waals surface area (Å²) in [6.07, 6.45) is 3.85. The van der Waals surface area contributed by atoms with Crippen molar-refractivity contribution in [3.05, 3.63) is 58.0 Å². The standard InChI is InChI=1S/C19H24N2O3/c1-23-17-4-3-5-18(24-2)16(17)13-21-10-7-14(8-11-21)15-6-9-20-19(22)12-15/h3-6,9,12,14H,7-8,10-11,13H2,1-2H3,(H,20,22). The Hall–Kier alpha value is -2.27. The maximum absolute atomic E-state index is 11.5. The van der Waals surface area contributed by atoms with Crippen molar-refractivity contribution in [1.82, 2.24) is 9.88 Å². The Labute approximate surface area is 142 Å². The minimum Gasteiger partial charge on any atom is -0.496 e. The molecule has 5 nitrogen and oxygen atoms in total. The number of ether oxygens (including phenoxy) is 2. The van der Waals surface area contributed by atoms with E-state index in [-0.39, 0.29) is 5.56 Å². The summed E-state index contributed by atoms with van der Waals surface area (Å²) in [5.41, 5.74) is 2.22. The monoisotopic (exact) mass is 328 g/mol. The van der Waals surface area contributed by atoms with Gasteiger partial charge in [0.25, 0.3) is 0 Å². The number of nitrogens with one attached hydrogen (secondary N) is 1. The molecule has 1 aliphatic heterocycles. The minimum absolute atomic E-state index is 0.0197. The van der Waals surface area contributed by atoms with Gasteiger partial charge in [0.2, 0.25) is 5.56 Å². The lowest BCUT2D eigenvalue weighted by Crippen LogP contribution is -2.33. The van der Waals surface area contributed by atoms with Gasteiger partial charge in [-0.05, 0) is 55.6 Å². The van der Waals surface area contributed by atoms with E-state index in [9.17, 15) is 4.79 Å². The predicted octanol–water partition coefficient (Wildman–Crippen LogP) is 2.77. The fourth-order valence-electron chi connectivity index (χ4n) is 3.45. The number of likely N-dealkylation sites (tertiary alicyclic amines) is 1. The molecule has 0 amide bonds. The molecule has 2 heterocycles. The topological polar surface area (TPSA) is 54.6 Å². The third-order valence-corrected chi connectivity index (χ3v) is 4.77. The average molecular weight is 328 g/mol. The average Bonchev–Trinajstić information content (AvgIpc) is 2.62. The second kappa shape index (κ2) is 7.53. The number of hydrogen-bond acceptors (Lipinski definition) is 4. The summed E-state index contributed by atoms with van der Waals surface area (Å²) in [5, 5.41) is 0. The number of hydrogen-bond donors (Lipinski definition) is 1. The van der Waals surface area contributed by atoms with Crippen LogP contribution in [0.5, 0.6) is 11.5 Å². The quantitative estimate of drug-likeness (QED) is 0.917. The first-order chi connectivity index (χ1) is 11.7. The van der Waals surface area contributed by atoms with Gasteiger partial charge in [-0.1, -0.05) is 6.07 Å². The van der Waals surface area contributed by atoms with E-state index in [0.717, 1.165) is 55.1 Å². The molecule has 5 heteroatoms. The van der Waals surface area contributed by atoms with Crippen LogP contribution in [-0.4, -0.2) is 37.2 Å². The SMILES string of the molecule is COc1cccc(OC)c1CN1CCC(c2cc[nH]c(=O)c2)CC1. The smallest absolute Gasteiger partial charge is 0.248 e. The molecule has 1 N–H and O–H groups in total. The molecule has 1 aliphatic rings. The summed E-state index contributed by atoms with van der Waals surface area (Å²) in [7, 11) is 3.38. The highest BCUT2D eigenvalue weighted by Gasteiger charge is 2.22. The van der Waals surface area contributed by atoms with Crippen molar-refractivity contribution in [2.75, 3.05) is 27.3 Å². The largest absolute Gasteiger partial charge is 0.496 e. The van der Waals surface area contributed by atoms with Crippen molar-refractivity contribution in [3.63, 3.8) is 0 Å². The normalized spacial score (nSPS) is 16.1. The fourth-order valence-corrected chi connectivity index (χ4v) is 3.45. The zero-order valence-corrected chi connectivity index (χ0v) is 14.2. The molecule has 1 fully saturated rings. The summed E-state index contributed by atoms with van der Waals surface area (Å²) in [6.45, 7) is 2.81. The van der Waals surface area contributed by atoms with Crippen LogP contribution in [0, 0.1) is 0 Å². The number of methoxy groups -OCH3 is 2. The molecule has 2 aromatic rings. The summed E-state index contributed by atoms with van der Waals surface area (Å²) in [6, 6.07) is 9.64. The molecule has 24 heavy (non-hydrogen) atoms. The van der Waals surface area contributed by atoms with Gasteiger partial charge in [0.05, 0.1) is 19.8 Å². The number of nitrogens with zero attached hydrogens (tertiary/aromatic N) is 1. The molecule has 0 atom stereocenters. The van der Waals surface area contributed by atoms with Gasteiger partial charge in [0.15, 0.2) is 0 Å². The highest BCUT2D eigenvalue weighted by molar-refractivity contribution is 5.44. The molecule has 0 aliphatic carbocycles. The van der Waals surface area contributed by atoms with Gasteiger partial charge in [0, 0.05) is 18.8 Å².